The van der Waals surface area contributed by atoms with E-state index in [1.807, 2.05) is 0 Å². The second-order valence-electron chi connectivity index (χ2n) is 3.23. The molecule has 0 unspecified atom stereocenters. The fourth-order valence-electron chi connectivity index (χ4n) is 1.76. The van der Waals surface area contributed by atoms with E-state index in [4.69, 9.17) is 0 Å². The summed E-state index contributed by atoms with van der Waals surface area (Å²) in [5, 5.41) is 1.35. The highest BCUT2D eigenvalue weighted by atomic mass is 127. The van der Waals surface area contributed by atoms with Gasteiger partial charge in [0.25, 0.3) is 0 Å². The molecule has 13 heavy (non-hydrogen) atoms. The average molecular weight is 285 g/mol. The second kappa shape index (κ2) is 3.33. The Morgan fingerprint density at radius 1 is 1.38 bits per heavy atom. The Kier molecular flexibility index (Phi) is 2.32. The van der Waals surface area contributed by atoms with E-state index in [0.29, 0.717) is 0 Å². The maximum absolute atomic E-state index is 2.39. The molecule has 1 aromatic heterocycles. The number of nitrogens with zero attached hydrogens (tertiary/aromatic N) is 1. The highest BCUT2D eigenvalue weighted by Crippen LogP contribution is 2.23. The van der Waals surface area contributed by atoms with Crippen molar-refractivity contribution < 1.29 is 0 Å². The van der Waals surface area contributed by atoms with Gasteiger partial charge in [0, 0.05) is 21.7 Å². The molecule has 0 N–H and O–H groups in total. The van der Waals surface area contributed by atoms with Crippen LogP contribution in [0.15, 0.2) is 24.3 Å². The fraction of sp³-hybridized carbons (Fsp3) is 0.273. The van der Waals surface area contributed by atoms with E-state index in [1.165, 1.54) is 20.2 Å². The molecule has 0 aliphatic rings. The van der Waals surface area contributed by atoms with Crippen LogP contribution in [0.5, 0.6) is 0 Å². The predicted octanol–water partition coefficient (Wildman–Crippen LogP) is 3.35. The highest BCUT2D eigenvalue weighted by Gasteiger charge is 2.05. The van der Waals surface area contributed by atoms with Gasteiger partial charge in [0.05, 0.1) is 5.52 Å². The first-order chi connectivity index (χ1) is 6.24. The van der Waals surface area contributed by atoms with Crippen molar-refractivity contribution in [1.82, 2.24) is 4.57 Å². The van der Waals surface area contributed by atoms with Gasteiger partial charge in [-0.05, 0) is 41.1 Å². The summed E-state index contributed by atoms with van der Waals surface area (Å²) in [6.07, 6.45) is 1.10. The first-order valence-corrected chi connectivity index (χ1v) is 5.54. The summed E-state index contributed by atoms with van der Waals surface area (Å²) in [6, 6.07) is 8.72. The molecule has 0 aliphatic carbocycles. The molecule has 0 atom stereocenters. The zero-order valence-corrected chi connectivity index (χ0v) is 10.00. The molecule has 2 rings (SSSR count). The van der Waals surface area contributed by atoms with E-state index in [9.17, 15) is 0 Å². The van der Waals surface area contributed by atoms with Crippen molar-refractivity contribution in [3.8, 4) is 0 Å². The van der Waals surface area contributed by atoms with E-state index < -0.39 is 0 Å². The quantitative estimate of drug-likeness (QED) is 0.708. The molecule has 2 aromatic rings. The molecule has 0 radical (unpaired) electrons. The van der Waals surface area contributed by atoms with Gasteiger partial charge < -0.3 is 4.57 Å². The first-order valence-electron chi connectivity index (χ1n) is 4.47. The van der Waals surface area contributed by atoms with Crippen molar-refractivity contribution in [2.75, 3.05) is 0 Å². The first kappa shape index (κ1) is 9.06. The largest absolute Gasteiger partial charge is 0.347 e. The minimum atomic E-state index is 1.10. The van der Waals surface area contributed by atoms with E-state index in [0.717, 1.165) is 6.42 Å². The monoisotopic (exact) mass is 285 g/mol. The van der Waals surface area contributed by atoms with Crippen molar-refractivity contribution >= 4 is 33.5 Å². The lowest BCUT2D eigenvalue weighted by Crippen LogP contribution is -1.94. The molecule has 0 saturated carbocycles. The third-order valence-corrected chi connectivity index (χ3v) is 3.34. The molecule has 0 aliphatic heterocycles. The number of fused-ring (bicyclic) bond motifs is 1. The van der Waals surface area contributed by atoms with Crippen LogP contribution in [0, 0.1) is 3.57 Å². The molecule has 68 valence electrons. The number of hydrogen-bond donors (Lipinski definition) is 0. The van der Waals surface area contributed by atoms with Gasteiger partial charge in [0.15, 0.2) is 0 Å². The van der Waals surface area contributed by atoms with Crippen LogP contribution in [0.3, 0.4) is 0 Å². The lowest BCUT2D eigenvalue weighted by molar-refractivity contribution is 0.864. The highest BCUT2D eigenvalue weighted by molar-refractivity contribution is 14.1. The van der Waals surface area contributed by atoms with Crippen LogP contribution in [0.1, 0.15) is 12.6 Å². The minimum Gasteiger partial charge on any atom is -0.347 e. The number of benzene rings is 1. The number of para-hydroxylation sites is 1. The molecule has 0 amide bonds. The van der Waals surface area contributed by atoms with Gasteiger partial charge in [-0.2, -0.15) is 0 Å². The standard InChI is InChI=1S/C11H12IN/c1-3-9-7-8-5-4-6-10(12)11(8)13(9)2/h4-7H,3H2,1-2H3. The molecule has 0 fully saturated rings. The van der Waals surface area contributed by atoms with Gasteiger partial charge in [0.2, 0.25) is 0 Å². The minimum absolute atomic E-state index is 1.10. The number of aryl methyl sites for hydroxylation is 2. The lowest BCUT2D eigenvalue weighted by atomic mass is 10.2. The van der Waals surface area contributed by atoms with Crippen molar-refractivity contribution in [3.63, 3.8) is 0 Å². The van der Waals surface area contributed by atoms with Crippen LogP contribution in [-0.4, -0.2) is 4.57 Å². The molecular formula is C11H12IN. The third-order valence-electron chi connectivity index (χ3n) is 2.47. The smallest absolute Gasteiger partial charge is 0.0615 e. The van der Waals surface area contributed by atoms with Crippen LogP contribution >= 0.6 is 22.6 Å². The Morgan fingerprint density at radius 2 is 2.15 bits per heavy atom. The lowest BCUT2D eigenvalue weighted by Gasteiger charge is -2.02. The summed E-state index contributed by atoms with van der Waals surface area (Å²) < 4.78 is 3.62. The predicted molar refractivity (Wildman–Crippen MR) is 65.0 cm³/mol. The molecule has 1 aromatic carbocycles. The maximum Gasteiger partial charge on any atom is 0.0615 e. The average Bonchev–Trinajstić information content (AvgIpc) is 2.44. The van der Waals surface area contributed by atoms with Crippen LogP contribution in [-0.2, 0) is 13.5 Å². The summed E-state index contributed by atoms with van der Waals surface area (Å²) >= 11 is 2.39. The van der Waals surface area contributed by atoms with Crippen LogP contribution < -0.4 is 0 Å². The van der Waals surface area contributed by atoms with Crippen molar-refractivity contribution in [2.45, 2.75) is 13.3 Å². The summed E-state index contributed by atoms with van der Waals surface area (Å²) in [6.45, 7) is 2.20. The SMILES string of the molecule is CCc1cc2cccc(I)c2n1C. The van der Waals surface area contributed by atoms with Gasteiger partial charge >= 0.3 is 0 Å². The van der Waals surface area contributed by atoms with Gasteiger partial charge in [-0.1, -0.05) is 19.1 Å². The summed E-state index contributed by atoms with van der Waals surface area (Å²) in [7, 11) is 2.14. The summed E-state index contributed by atoms with van der Waals surface area (Å²) in [5.74, 6) is 0. The van der Waals surface area contributed by atoms with Gasteiger partial charge in [0.1, 0.15) is 0 Å². The Labute approximate surface area is 91.9 Å². The normalized spacial score (nSPS) is 11.0. The summed E-state index contributed by atoms with van der Waals surface area (Å²) in [4.78, 5) is 0. The molecule has 0 bridgehead atoms. The Hall–Kier alpha value is -0.510. The number of aromatic nitrogens is 1. The van der Waals surface area contributed by atoms with E-state index >= 15 is 0 Å². The fourth-order valence-corrected chi connectivity index (χ4v) is 2.64. The van der Waals surface area contributed by atoms with Gasteiger partial charge in [-0.25, -0.2) is 0 Å². The zero-order chi connectivity index (χ0) is 9.42. The third kappa shape index (κ3) is 1.37. The van der Waals surface area contributed by atoms with Crippen molar-refractivity contribution in [2.24, 2.45) is 7.05 Å². The van der Waals surface area contributed by atoms with E-state index in [1.54, 1.807) is 0 Å². The molecular weight excluding hydrogens is 273 g/mol. The maximum atomic E-state index is 2.39. The molecule has 1 heterocycles. The van der Waals surface area contributed by atoms with Crippen LogP contribution in [0.2, 0.25) is 0 Å². The Balaban J connectivity index is 2.85. The van der Waals surface area contributed by atoms with E-state index in [2.05, 4.69) is 65.4 Å². The van der Waals surface area contributed by atoms with Crippen LogP contribution in [0.25, 0.3) is 10.9 Å². The number of rotatable bonds is 1. The number of halogens is 1. The van der Waals surface area contributed by atoms with Gasteiger partial charge in [-0.15, -0.1) is 0 Å². The van der Waals surface area contributed by atoms with Crippen molar-refractivity contribution in [1.29, 1.82) is 0 Å². The summed E-state index contributed by atoms with van der Waals surface area (Å²) in [5.41, 5.74) is 2.76. The zero-order valence-electron chi connectivity index (χ0n) is 7.84. The van der Waals surface area contributed by atoms with Crippen LogP contribution in [0.4, 0.5) is 0 Å². The Morgan fingerprint density at radius 3 is 2.77 bits per heavy atom. The van der Waals surface area contributed by atoms with Gasteiger partial charge in [-0.3, -0.25) is 0 Å². The second-order valence-corrected chi connectivity index (χ2v) is 4.39. The topological polar surface area (TPSA) is 4.93 Å². The molecule has 2 heteroatoms. The van der Waals surface area contributed by atoms with E-state index in [-0.39, 0.29) is 0 Å². The molecule has 0 spiro atoms. The number of hydrogen-bond acceptors (Lipinski definition) is 0. The Bertz CT molecular complexity index is 443. The van der Waals surface area contributed by atoms with Crippen molar-refractivity contribution in [3.05, 3.63) is 33.5 Å². The molecule has 0 saturated heterocycles. The molecule has 1 nitrogen and oxygen atoms in total.